The fourth-order valence-corrected chi connectivity index (χ4v) is 4.33. The lowest BCUT2D eigenvalue weighted by Crippen LogP contribution is -2.30. The van der Waals surface area contributed by atoms with Crippen LogP contribution in [0.5, 0.6) is 0 Å². The zero-order valence-corrected chi connectivity index (χ0v) is 31.8. The number of hydrogen-bond acceptors (Lipinski definition) is 15. The molecule has 0 spiro atoms. The molecule has 2 saturated heterocycles. The zero-order valence-electron chi connectivity index (χ0n) is 31.8. The van der Waals surface area contributed by atoms with E-state index in [1.165, 1.54) is 0 Å². The average Bonchev–Trinajstić information content (AvgIpc) is 3.34. The zero-order chi connectivity index (χ0) is 37.7. The Kier molecular flexibility index (Phi) is 36.9. The molecule has 316 valence electrons. The summed E-state index contributed by atoms with van der Waals surface area (Å²) in [5, 5.41) is 35.2. The standard InChI is InChI=1S/C14H26O5.C13H26O5.C8H18O5.2CH4/c1-5-7-15-8-12(17-6-2)9-16-10-13-11-18-14(3,4)19-13;1-4-17-11(5-14)6-15-7-12-8-16-9-13(2,3)10-18-12;1-2-13-8(4-10)6-12-5-7(11)3-9;;/h5,12-13H,1,6-11H2,2-4H3;11-12,14H,4-10H2,1-3H3;7-11H,2-6H2,1H3;2*1H4. The molecule has 0 aromatic rings. The number of hydrogen-bond donors (Lipinski definition) is 4. The minimum atomic E-state index is -0.860. The molecule has 2 aliphatic heterocycles. The van der Waals surface area contributed by atoms with E-state index in [-0.39, 0.29) is 83.8 Å². The molecule has 52 heavy (non-hydrogen) atoms. The van der Waals surface area contributed by atoms with Crippen LogP contribution in [0.2, 0.25) is 0 Å². The van der Waals surface area contributed by atoms with Crippen LogP contribution < -0.4 is 0 Å². The van der Waals surface area contributed by atoms with E-state index in [1.54, 1.807) is 6.08 Å². The highest BCUT2D eigenvalue weighted by Crippen LogP contribution is 2.22. The molecule has 6 unspecified atom stereocenters. The van der Waals surface area contributed by atoms with Crippen LogP contribution in [0.3, 0.4) is 0 Å². The fraction of sp³-hybridized carbons (Fsp3) is 0.946. The Morgan fingerprint density at radius 3 is 1.71 bits per heavy atom. The van der Waals surface area contributed by atoms with Crippen LogP contribution in [-0.2, 0) is 52.1 Å². The summed E-state index contributed by atoms with van der Waals surface area (Å²) in [7, 11) is 0. The molecular weight excluding hydrogens is 684 g/mol. The van der Waals surface area contributed by atoms with Gasteiger partial charge < -0.3 is 72.5 Å². The molecule has 2 heterocycles. The maximum atomic E-state index is 9.05. The summed E-state index contributed by atoms with van der Waals surface area (Å²) in [6, 6.07) is 0. The van der Waals surface area contributed by atoms with Crippen LogP contribution in [-0.4, -0.2) is 182 Å². The second-order valence-corrected chi connectivity index (χ2v) is 12.9. The Balaban J connectivity index is -0.000000692. The van der Waals surface area contributed by atoms with Gasteiger partial charge in [-0.15, -0.1) is 6.58 Å². The molecule has 4 N–H and O–H groups in total. The van der Waals surface area contributed by atoms with E-state index >= 15 is 0 Å². The lowest BCUT2D eigenvalue weighted by molar-refractivity contribution is -0.147. The first-order valence-electron chi connectivity index (χ1n) is 17.7. The lowest BCUT2D eigenvalue weighted by Gasteiger charge is -2.21. The van der Waals surface area contributed by atoms with Gasteiger partial charge in [0.2, 0.25) is 0 Å². The van der Waals surface area contributed by atoms with Crippen LogP contribution in [0.1, 0.15) is 63.3 Å². The molecule has 0 aromatic carbocycles. The monoisotopic (exact) mass is 763 g/mol. The Bertz CT molecular complexity index is 773. The highest BCUT2D eigenvalue weighted by molar-refractivity contribution is 4.73. The molecule has 2 rings (SSSR count). The molecule has 2 aliphatic rings. The third-order valence-electron chi connectivity index (χ3n) is 6.77. The Morgan fingerprint density at radius 2 is 1.21 bits per heavy atom. The fourth-order valence-electron chi connectivity index (χ4n) is 4.33. The van der Waals surface area contributed by atoms with Crippen molar-refractivity contribution in [3.05, 3.63) is 12.7 Å². The summed E-state index contributed by atoms with van der Waals surface area (Å²) in [6.45, 7) is 24.3. The summed E-state index contributed by atoms with van der Waals surface area (Å²) in [4.78, 5) is 0. The van der Waals surface area contributed by atoms with E-state index in [0.717, 1.165) is 0 Å². The van der Waals surface area contributed by atoms with Gasteiger partial charge in [-0.1, -0.05) is 34.8 Å². The van der Waals surface area contributed by atoms with Crippen molar-refractivity contribution in [1.29, 1.82) is 0 Å². The van der Waals surface area contributed by atoms with E-state index in [4.69, 9.17) is 72.5 Å². The smallest absolute Gasteiger partial charge is 0.163 e. The normalized spacial score (nSPS) is 21.4. The molecule has 0 saturated carbocycles. The van der Waals surface area contributed by atoms with Gasteiger partial charge in [0.05, 0.1) is 99.1 Å². The second kappa shape index (κ2) is 34.6. The third kappa shape index (κ3) is 30.5. The molecule has 15 nitrogen and oxygen atoms in total. The quantitative estimate of drug-likeness (QED) is 0.0787. The van der Waals surface area contributed by atoms with Crippen LogP contribution in [0.25, 0.3) is 0 Å². The van der Waals surface area contributed by atoms with Crippen molar-refractivity contribution in [3.63, 3.8) is 0 Å². The van der Waals surface area contributed by atoms with Crippen molar-refractivity contribution < 1.29 is 72.5 Å². The van der Waals surface area contributed by atoms with E-state index in [1.807, 2.05) is 34.6 Å². The SMILES string of the molecule is C.C.C=CCOCC(COCC1COC(C)(C)O1)OCC.CCOC(CO)COCC(O)CO.CCOC(CO)COCC1COCC(C)(C)CO1. The minimum Gasteiger partial charge on any atom is -0.394 e. The Labute approximate surface area is 315 Å². The predicted octanol–water partition coefficient (Wildman–Crippen LogP) is 2.63. The van der Waals surface area contributed by atoms with Gasteiger partial charge in [0.15, 0.2) is 5.79 Å². The van der Waals surface area contributed by atoms with Gasteiger partial charge >= 0.3 is 0 Å². The van der Waals surface area contributed by atoms with E-state index in [0.29, 0.717) is 85.9 Å². The molecular formula is C37H78O15. The topological polar surface area (TPSA) is 182 Å². The van der Waals surface area contributed by atoms with Gasteiger partial charge in [-0.2, -0.15) is 0 Å². The van der Waals surface area contributed by atoms with Crippen LogP contribution >= 0.6 is 0 Å². The highest BCUT2D eigenvalue weighted by atomic mass is 16.7. The molecule has 2 fully saturated rings. The molecule has 0 aliphatic carbocycles. The van der Waals surface area contributed by atoms with Crippen molar-refractivity contribution in [2.24, 2.45) is 5.41 Å². The first-order valence-corrected chi connectivity index (χ1v) is 17.7. The van der Waals surface area contributed by atoms with Gasteiger partial charge in [-0.25, -0.2) is 0 Å². The van der Waals surface area contributed by atoms with Crippen molar-refractivity contribution in [1.82, 2.24) is 0 Å². The van der Waals surface area contributed by atoms with E-state index < -0.39 is 11.9 Å². The first kappa shape index (κ1) is 55.5. The van der Waals surface area contributed by atoms with Crippen LogP contribution in [0.4, 0.5) is 0 Å². The summed E-state index contributed by atoms with van der Waals surface area (Å²) >= 11 is 0. The molecule has 0 aromatic heterocycles. The Hall–Kier alpha value is -0.860. The van der Waals surface area contributed by atoms with Crippen molar-refractivity contribution in [2.75, 3.05) is 119 Å². The van der Waals surface area contributed by atoms with Crippen LogP contribution in [0, 0.1) is 5.41 Å². The molecule has 0 radical (unpaired) electrons. The first-order chi connectivity index (χ1) is 23.9. The number of aliphatic hydroxyl groups excluding tert-OH is 4. The highest BCUT2D eigenvalue weighted by Gasteiger charge is 2.32. The lowest BCUT2D eigenvalue weighted by atomic mass is 9.97. The molecule has 15 heteroatoms. The van der Waals surface area contributed by atoms with Crippen molar-refractivity contribution in [2.45, 2.75) is 106 Å². The summed E-state index contributed by atoms with van der Waals surface area (Å²) in [5.41, 5.74) is 0.0632. The number of rotatable bonds is 25. The predicted molar refractivity (Wildman–Crippen MR) is 200 cm³/mol. The molecule has 0 amide bonds. The molecule has 6 atom stereocenters. The Morgan fingerprint density at radius 1 is 0.692 bits per heavy atom. The van der Waals surface area contributed by atoms with Crippen LogP contribution in [0.15, 0.2) is 12.7 Å². The van der Waals surface area contributed by atoms with Gasteiger partial charge in [-0.05, 0) is 34.6 Å². The maximum Gasteiger partial charge on any atom is 0.163 e. The van der Waals surface area contributed by atoms with E-state index in [2.05, 4.69) is 20.4 Å². The average molecular weight is 763 g/mol. The largest absolute Gasteiger partial charge is 0.394 e. The summed E-state index contributed by atoms with van der Waals surface area (Å²) in [6.07, 6.45) is 0.157. The number of aliphatic hydroxyl groups is 4. The van der Waals surface area contributed by atoms with Gasteiger partial charge in [0.1, 0.15) is 36.6 Å². The van der Waals surface area contributed by atoms with Gasteiger partial charge in [-0.3, -0.25) is 0 Å². The minimum absolute atomic E-state index is 0. The molecule has 0 bridgehead atoms. The van der Waals surface area contributed by atoms with Crippen molar-refractivity contribution in [3.8, 4) is 0 Å². The summed E-state index contributed by atoms with van der Waals surface area (Å²) in [5.74, 6) is -0.500. The van der Waals surface area contributed by atoms with Gasteiger partial charge in [0.25, 0.3) is 0 Å². The van der Waals surface area contributed by atoms with Gasteiger partial charge in [0, 0.05) is 25.2 Å². The maximum absolute atomic E-state index is 9.05. The third-order valence-corrected chi connectivity index (χ3v) is 6.77. The number of ether oxygens (including phenoxy) is 11. The second-order valence-electron chi connectivity index (χ2n) is 12.9. The van der Waals surface area contributed by atoms with E-state index in [9.17, 15) is 0 Å². The van der Waals surface area contributed by atoms with Crippen molar-refractivity contribution >= 4 is 0 Å². The summed E-state index contributed by atoms with van der Waals surface area (Å²) < 4.78 is 59.9.